The average molecular weight is 287 g/mol. The third kappa shape index (κ3) is 3.59. The third-order valence-electron chi connectivity index (χ3n) is 3.27. The van der Waals surface area contributed by atoms with E-state index in [-0.39, 0.29) is 5.91 Å². The van der Waals surface area contributed by atoms with Crippen LogP contribution in [0.2, 0.25) is 0 Å². The maximum absolute atomic E-state index is 12.5. The molecule has 1 amide bonds. The first-order valence-electron chi connectivity index (χ1n) is 6.95. The summed E-state index contributed by atoms with van der Waals surface area (Å²) in [5.41, 5.74) is 2.56. The molecule has 2 aromatic heterocycles. The van der Waals surface area contributed by atoms with Crippen LogP contribution in [0.1, 0.15) is 28.5 Å². The van der Waals surface area contributed by atoms with Gasteiger partial charge in [-0.25, -0.2) is 4.98 Å². The minimum atomic E-state index is -0.0209. The second kappa shape index (κ2) is 6.39. The lowest BCUT2D eigenvalue weighted by molar-refractivity contribution is 0.0785. The SMILES string of the molecule is CCc1cc(C(=O)N(C)Cc2cnn(C)c2)cc(NC)n1. The minimum absolute atomic E-state index is 0.0209. The number of hydrogen-bond acceptors (Lipinski definition) is 4. The average Bonchev–Trinajstić information content (AvgIpc) is 2.90. The van der Waals surface area contributed by atoms with Crippen molar-refractivity contribution in [2.24, 2.45) is 7.05 Å². The van der Waals surface area contributed by atoms with Gasteiger partial charge in [0.2, 0.25) is 0 Å². The summed E-state index contributed by atoms with van der Waals surface area (Å²) in [6, 6.07) is 3.63. The quantitative estimate of drug-likeness (QED) is 0.909. The standard InChI is InChI=1S/C15H21N5O/c1-5-13-6-12(7-14(16-2)18-13)15(21)19(3)9-11-8-17-20(4)10-11/h6-8,10H,5,9H2,1-4H3,(H,16,18). The lowest BCUT2D eigenvalue weighted by atomic mass is 10.1. The van der Waals surface area contributed by atoms with Gasteiger partial charge in [0, 0.05) is 50.7 Å². The van der Waals surface area contributed by atoms with Crippen LogP contribution in [0.15, 0.2) is 24.5 Å². The van der Waals surface area contributed by atoms with Gasteiger partial charge in [-0.15, -0.1) is 0 Å². The fourth-order valence-corrected chi connectivity index (χ4v) is 2.14. The van der Waals surface area contributed by atoms with E-state index in [0.29, 0.717) is 17.9 Å². The summed E-state index contributed by atoms with van der Waals surface area (Å²) in [6.45, 7) is 2.56. The zero-order chi connectivity index (χ0) is 15.4. The summed E-state index contributed by atoms with van der Waals surface area (Å²) in [5.74, 6) is 0.694. The molecule has 21 heavy (non-hydrogen) atoms. The second-order valence-electron chi connectivity index (χ2n) is 5.02. The van der Waals surface area contributed by atoms with Gasteiger partial charge in [-0.2, -0.15) is 5.10 Å². The van der Waals surface area contributed by atoms with Crippen LogP contribution in [0.4, 0.5) is 5.82 Å². The summed E-state index contributed by atoms with van der Waals surface area (Å²) in [5, 5.41) is 7.11. The Bertz CT molecular complexity index is 612. The summed E-state index contributed by atoms with van der Waals surface area (Å²) < 4.78 is 1.73. The summed E-state index contributed by atoms with van der Waals surface area (Å²) >= 11 is 0. The normalized spacial score (nSPS) is 10.5. The Kier molecular flexibility index (Phi) is 4.57. The first-order chi connectivity index (χ1) is 10.0. The van der Waals surface area contributed by atoms with Gasteiger partial charge in [0.1, 0.15) is 5.82 Å². The molecule has 112 valence electrons. The molecule has 0 radical (unpaired) electrons. The Morgan fingerprint density at radius 2 is 2.19 bits per heavy atom. The second-order valence-corrected chi connectivity index (χ2v) is 5.02. The number of pyridine rings is 1. The van der Waals surface area contributed by atoms with E-state index in [9.17, 15) is 4.79 Å². The van der Waals surface area contributed by atoms with Crippen LogP contribution in [0.25, 0.3) is 0 Å². The van der Waals surface area contributed by atoms with Crippen LogP contribution in [-0.2, 0) is 20.0 Å². The van der Waals surface area contributed by atoms with Gasteiger partial charge in [0.15, 0.2) is 0 Å². The summed E-state index contributed by atoms with van der Waals surface area (Å²) in [7, 11) is 5.46. The topological polar surface area (TPSA) is 63.1 Å². The Morgan fingerprint density at radius 3 is 2.76 bits per heavy atom. The molecular weight excluding hydrogens is 266 g/mol. The highest BCUT2D eigenvalue weighted by atomic mass is 16.2. The van der Waals surface area contributed by atoms with E-state index in [0.717, 1.165) is 17.7 Å². The minimum Gasteiger partial charge on any atom is -0.373 e. The van der Waals surface area contributed by atoms with Gasteiger partial charge in [-0.1, -0.05) is 6.92 Å². The monoisotopic (exact) mass is 287 g/mol. The van der Waals surface area contributed by atoms with Crippen molar-refractivity contribution in [2.75, 3.05) is 19.4 Å². The van der Waals surface area contributed by atoms with Crippen LogP contribution < -0.4 is 5.32 Å². The van der Waals surface area contributed by atoms with E-state index in [1.165, 1.54) is 0 Å². The molecule has 0 spiro atoms. The molecule has 0 unspecified atom stereocenters. The Balaban J connectivity index is 2.18. The van der Waals surface area contributed by atoms with E-state index in [4.69, 9.17) is 0 Å². The molecule has 2 rings (SSSR count). The Morgan fingerprint density at radius 1 is 1.43 bits per heavy atom. The maximum Gasteiger partial charge on any atom is 0.254 e. The molecule has 0 atom stereocenters. The van der Waals surface area contributed by atoms with Crippen molar-refractivity contribution in [3.05, 3.63) is 41.3 Å². The molecule has 1 N–H and O–H groups in total. The predicted molar refractivity (Wildman–Crippen MR) is 82.2 cm³/mol. The number of carbonyl (C=O) groups is 1. The molecule has 0 saturated carbocycles. The highest BCUT2D eigenvalue weighted by Crippen LogP contribution is 2.14. The molecule has 0 fully saturated rings. The van der Waals surface area contributed by atoms with Gasteiger partial charge in [-0.05, 0) is 18.6 Å². The van der Waals surface area contributed by atoms with Crippen LogP contribution >= 0.6 is 0 Å². The molecular formula is C15H21N5O. The third-order valence-corrected chi connectivity index (χ3v) is 3.27. The molecule has 6 nitrogen and oxygen atoms in total. The Hall–Kier alpha value is -2.37. The predicted octanol–water partition coefficient (Wildman–Crippen LogP) is 1.69. The largest absolute Gasteiger partial charge is 0.373 e. The molecule has 0 bridgehead atoms. The number of rotatable bonds is 5. The molecule has 0 aliphatic rings. The van der Waals surface area contributed by atoms with Gasteiger partial charge in [0.05, 0.1) is 6.20 Å². The number of aryl methyl sites for hydroxylation is 2. The summed E-state index contributed by atoms with van der Waals surface area (Å²) in [6.07, 6.45) is 4.47. The molecule has 2 aromatic rings. The van der Waals surface area contributed by atoms with E-state index in [1.807, 2.05) is 26.2 Å². The lowest BCUT2D eigenvalue weighted by Gasteiger charge is -2.17. The van der Waals surface area contributed by atoms with Crippen LogP contribution in [-0.4, -0.2) is 39.7 Å². The van der Waals surface area contributed by atoms with E-state index >= 15 is 0 Å². The number of carbonyl (C=O) groups excluding carboxylic acids is 1. The number of aromatic nitrogens is 3. The van der Waals surface area contributed by atoms with Crippen LogP contribution in [0.5, 0.6) is 0 Å². The molecule has 0 aromatic carbocycles. The van der Waals surface area contributed by atoms with Crippen molar-refractivity contribution in [3.63, 3.8) is 0 Å². The van der Waals surface area contributed by atoms with Crippen molar-refractivity contribution in [2.45, 2.75) is 19.9 Å². The van der Waals surface area contributed by atoms with Crippen molar-refractivity contribution >= 4 is 11.7 Å². The molecule has 2 heterocycles. The van der Waals surface area contributed by atoms with Crippen LogP contribution in [0, 0.1) is 0 Å². The van der Waals surface area contributed by atoms with Crippen molar-refractivity contribution < 1.29 is 4.79 Å². The first-order valence-corrected chi connectivity index (χ1v) is 6.95. The van der Waals surface area contributed by atoms with E-state index in [1.54, 1.807) is 35.9 Å². The zero-order valence-electron chi connectivity index (χ0n) is 12.9. The number of nitrogens with one attached hydrogen (secondary N) is 1. The molecule has 0 saturated heterocycles. The zero-order valence-corrected chi connectivity index (χ0v) is 12.9. The number of hydrogen-bond donors (Lipinski definition) is 1. The Labute approximate surface area is 124 Å². The fraction of sp³-hybridized carbons (Fsp3) is 0.400. The highest BCUT2D eigenvalue weighted by Gasteiger charge is 2.14. The maximum atomic E-state index is 12.5. The highest BCUT2D eigenvalue weighted by molar-refractivity contribution is 5.94. The molecule has 0 aliphatic heterocycles. The number of anilines is 1. The lowest BCUT2D eigenvalue weighted by Crippen LogP contribution is -2.26. The first kappa shape index (κ1) is 15.0. The van der Waals surface area contributed by atoms with Crippen molar-refractivity contribution in [1.82, 2.24) is 19.7 Å². The van der Waals surface area contributed by atoms with Gasteiger partial charge in [0.25, 0.3) is 5.91 Å². The van der Waals surface area contributed by atoms with Crippen molar-refractivity contribution in [3.8, 4) is 0 Å². The van der Waals surface area contributed by atoms with Gasteiger partial charge >= 0.3 is 0 Å². The smallest absolute Gasteiger partial charge is 0.254 e. The van der Waals surface area contributed by atoms with E-state index in [2.05, 4.69) is 15.4 Å². The number of amides is 1. The van der Waals surface area contributed by atoms with Gasteiger partial charge in [-0.3, -0.25) is 9.48 Å². The summed E-state index contributed by atoms with van der Waals surface area (Å²) in [4.78, 5) is 18.6. The van der Waals surface area contributed by atoms with Crippen LogP contribution in [0.3, 0.4) is 0 Å². The van der Waals surface area contributed by atoms with Crippen molar-refractivity contribution in [1.29, 1.82) is 0 Å². The number of nitrogens with zero attached hydrogens (tertiary/aromatic N) is 4. The van der Waals surface area contributed by atoms with Gasteiger partial charge < -0.3 is 10.2 Å². The molecule has 0 aliphatic carbocycles. The van der Waals surface area contributed by atoms with E-state index < -0.39 is 0 Å². The molecule has 6 heteroatoms. The fourth-order valence-electron chi connectivity index (χ4n) is 2.14.